The van der Waals surface area contributed by atoms with Crippen molar-refractivity contribution in [2.45, 2.75) is 45.7 Å². The molecule has 1 amide bonds. The lowest BCUT2D eigenvalue weighted by atomic mass is 10.2. The first kappa shape index (κ1) is 26.3. The number of benzene rings is 2. The molecule has 12 heteroatoms. The summed E-state index contributed by atoms with van der Waals surface area (Å²) in [5, 5.41) is -0.415. The van der Waals surface area contributed by atoms with Crippen LogP contribution in [0.15, 0.2) is 53.3 Å². The number of hydrogen-bond acceptors (Lipinski definition) is 6. The van der Waals surface area contributed by atoms with E-state index in [1.54, 1.807) is 45.0 Å². The van der Waals surface area contributed by atoms with E-state index in [0.29, 0.717) is 23.7 Å². The van der Waals surface area contributed by atoms with Crippen molar-refractivity contribution < 1.29 is 32.2 Å². The number of fused-ring (bicyclic) bond motifs is 1. The van der Waals surface area contributed by atoms with Crippen LogP contribution in [0.3, 0.4) is 0 Å². The molecule has 0 saturated heterocycles. The van der Waals surface area contributed by atoms with Crippen molar-refractivity contribution in [3.8, 4) is 17.4 Å². The van der Waals surface area contributed by atoms with E-state index in [0.717, 1.165) is 12.1 Å². The maximum Gasteiger partial charge on any atom is 0.417 e. The Morgan fingerprint density at radius 3 is 2.35 bits per heavy atom. The van der Waals surface area contributed by atoms with E-state index in [9.17, 15) is 22.8 Å². The molecule has 0 spiro atoms. The number of aromatic nitrogens is 2. The first-order chi connectivity index (χ1) is 17.3. The fraction of sp³-hybridized carbons (Fsp3) is 0.320. The Morgan fingerprint density at radius 2 is 1.70 bits per heavy atom. The minimum absolute atomic E-state index is 0.0157. The highest BCUT2D eigenvalue weighted by Crippen LogP contribution is 2.37. The van der Waals surface area contributed by atoms with E-state index in [2.05, 4.69) is 4.98 Å². The number of nitrogens with zero attached hydrogens (tertiary/aromatic N) is 3. The van der Waals surface area contributed by atoms with Gasteiger partial charge in [-0.05, 0) is 56.7 Å². The van der Waals surface area contributed by atoms with Gasteiger partial charge in [-0.25, -0.2) is 9.59 Å². The predicted octanol–water partition coefficient (Wildman–Crippen LogP) is 6.04. The minimum Gasteiger partial charge on any atom is -0.473 e. The highest BCUT2D eigenvalue weighted by molar-refractivity contribution is 6.31. The average Bonchev–Trinajstić information content (AvgIpc) is 3.23. The van der Waals surface area contributed by atoms with Crippen LogP contribution in [-0.4, -0.2) is 27.8 Å². The molecule has 2 aromatic carbocycles. The number of anilines is 1. The normalized spacial score (nSPS) is 13.3. The zero-order valence-electron chi connectivity index (χ0n) is 20.1. The first-order valence-electron chi connectivity index (χ1n) is 11.2. The van der Waals surface area contributed by atoms with Gasteiger partial charge in [0.1, 0.15) is 29.5 Å². The molecule has 0 bridgehead atoms. The van der Waals surface area contributed by atoms with Crippen LogP contribution in [0.5, 0.6) is 17.4 Å². The third-order valence-electron chi connectivity index (χ3n) is 5.19. The molecule has 4 rings (SSSR count). The van der Waals surface area contributed by atoms with Crippen molar-refractivity contribution in [1.29, 1.82) is 0 Å². The lowest BCUT2D eigenvalue weighted by Crippen LogP contribution is -2.36. The lowest BCUT2D eigenvalue weighted by Gasteiger charge is -2.24. The summed E-state index contributed by atoms with van der Waals surface area (Å²) in [4.78, 5) is 30.2. The molecule has 8 nitrogen and oxygen atoms in total. The number of carbonyl (C=O) groups is 1. The van der Waals surface area contributed by atoms with Crippen LogP contribution in [-0.2, 0) is 24.1 Å². The number of carbonyl (C=O) groups excluding carboxylic acids is 1. The van der Waals surface area contributed by atoms with Gasteiger partial charge in [0.2, 0.25) is 5.88 Å². The smallest absolute Gasteiger partial charge is 0.417 e. The van der Waals surface area contributed by atoms with E-state index in [1.807, 2.05) is 0 Å². The lowest BCUT2D eigenvalue weighted by molar-refractivity contribution is -0.137. The molecule has 1 aromatic heterocycles. The topological polar surface area (TPSA) is 82.9 Å². The van der Waals surface area contributed by atoms with Crippen molar-refractivity contribution in [3.05, 3.63) is 75.2 Å². The molecule has 0 unspecified atom stereocenters. The number of hydrogen-bond donors (Lipinski definition) is 0. The van der Waals surface area contributed by atoms with E-state index in [-0.39, 0.29) is 24.8 Å². The van der Waals surface area contributed by atoms with Crippen molar-refractivity contribution in [2.75, 3.05) is 11.4 Å². The molecule has 196 valence electrons. The van der Waals surface area contributed by atoms with Crippen molar-refractivity contribution in [2.24, 2.45) is 0 Å². The Labute approximate surface area is 215 Å². The van der Waals surface area contributed by atoms with Crippen LogP contribution >= 0.6 is 11.6 Å². The second-order valence-corrected chi connectivity index (χ2v) is 9.60. The molecular weight excluding hydrogens is 515 g/mol. The molecule has 37 heavy (non-hydrogen) atoms. The predicted molar refractivity (Wildman–Crippen MR) is 129 cm³/mol. The number of halogens is 4. The van der Waals surface area contributed by atoms with Gasteiger partial charge in [0.15, 0.2) is 0 Å². The van der Waals surface area contributed by atoms with Crippen LogP contribution in [0.1, 0.15) is 31.9 Å². The van der Waals surface area contributed by atoms with Crippen LogP contribution in [0.2, 0.25) is 5.02 Å². The Morgan fingerprint density at radius 1 is 1.03 bits per heavy atom. The molecule has 3 aromatic rings. The number of amides is 1. The van der Waals surface area contributed by atoms with Crippen molar-refractivity contribution in [1.82, 2.24) is 9.55 Å². The maximum absolute atomic E-state index is 13.1. The molecule has 0 fully saturated rings. The number of rotatable bonds is 5. The highest BCUT2D eigenvalue weighted by atomic mass is 35.5. The summed E-state index contributed by atoms with van der Waals surface area (Å²) in [6.07, 6.45) is -5.18. The van der Waals surface area contributed by atoms with E-state index in [4.69, 9.17) is 25.8 Å². The van der Waals surface area contributed by atoms with Crippen LogP contribution in [0.25, 0.3) is 0 Å². The summed E-state index contributed by atoms with van der Waals surface area (Å²) in [6.45, 7) is 5.86. The second kappa shape index (κ2) is 9.97. The standard InChI is InChI=1S/C25H23ClF3N3O5/c1-24(2,3)37-23(34)32-11-10-31-21(32)13-20(30-22(31)33)35-14-15-4-6-16(7-5-15)36-17-8-9-19(26)18(12-17)25(27,28)29/h4-9,12-13H,10-11,14H2,1-3H3. The van der Waals surface area contributed by atoms with Gasteiger partial charge in [0.05, 0.1) is 10.6 Å². The van der Waals surface area contributed by atoms with E-state index in [1.165, 1.54) is 21.6 Å². The molecule has 1 aliphatic rings. The van der Waals surface area contributed by atoms with Gasteiger partial charge in [-0.2, -0.15) is 18.2 Å². The van der Waals surface area contributed by atoms with Crippen molar-refractivity contribution >= 4 is 23.5 Å². The van der Waals surface area contributed by atoms with Gasteiger partial charge in [0.25, 0.3) is 0 Å². The van der Waals surface area contributed by atoms with Gasteiger partial charge in [-0.1, -0.05) is 23.7 Å². The third-order valence-corrected chi connectivity index (χ3v) is 5.52. The Bertz CT molecular complexity index is 1370. The molecule has 0 aliphatic carbocycles. The molecule has 0 atom stereocenters. The quantitative estimate of drug-likeness (QED) is 0.394. The summed E-state index contributed by atoms with van der Waals surface area (Å²) < 4.78 is 57.1. The monoisotopic (exact) mass is 537 g/mol. The summed E-state index contributed by atoms with van der Waals surface area (Å²) in [5.74, 6) is 0.654. The second-order valence-electron chi connectivity index (χ2n) is 9.19. The average molecular weight is 538 g/mol. The minimum atomic E-state index is -4.60. The van der Waals surface area contributed by atoms with Crippen molar-refractivity contribution in [3.63, 3.8) is 0 Å². The fourth-order valence-electron chi connectivity index (χ4n) is 3.53. The molecule has 1 aliphatic heterocycles. The number of ether oxygens (including phenoxy) is 3. The van der Waals surface area contributed by atoms with E-state index >= 15 is 0 Å². The SMILES string of the molecule is CC(C)(C)OC(=O)N1CCn2c1cc(OCc1ccc(Oc3ccc(Cl)c(C(F)(F)F)c3)cc1)nc2=O. The largest absolute Gasteiger partial charge is 0.473 e. The zero-order chi connectivity index (χ0) is 27.0. The molecule has 0 radical (unpaired) electrons. The molecule has 0 N–H and O–H groups in total. The summed E-state index contributed by atoms with van der Waals surface area (Å²) >= 11 is 5.64. The maximum atomic E-state index is 13.1. The van der Waals surface area contributed by atoms with Gasteiger partial charge in [-0.15, -0.1) is 0 Å². The third kappa shape index (κ3) is 6.34. The molecular formula is C25H23ClF3N3O5. The molecule has 2 heterocycles. The van der Waals surface area contributed by atoms with Gasteiger partial charge in [-0.3, -0.25) is 9.47 Å². The first-order valence-corrected chi connectivity index (χ1v) is 11.6. The summed E-state index contributed by atoms with van der Waals surface area (Å²) in [7, 11) is 0. The fourth-order valence-corrected chi connectivity index (χ4v) is 3.75. The van der Waals surface area contributed by atoms with Crippen LogP contribution in [0.4, 0.5) is 23.8 Å². The van der Waals surface area contributed by atoms with Gasteiger partial charge < -0.3 is 14.2 Å². The van der Waals surface area contributed by atoms with Crippen LogP contribution in [0, 0.1) is 0 Å². The Kier molecular flexibility index (Phi) is 7.09. The zero-order valence-corrected chi connectivity index (χ0v) is 20.9. The van der Waals surface area contributed by atoms with Crippen LogP contribution < -0.4 is 20.1 Å². The summed E-state index contributed by atoms with van der Waals surface area (Å²) in [6, 6.07) is 11.2. The highest BCUT2D eigenvalue weighted by Gasteiger charge is 2.34. The van der Waals surface area contributed by atoms with Gasteiger partial charge in [0, 0.05) is 19.2 Å². The number of alkyl halides is 3. The van der Waals surface area contributed by atoms with Gasteiger partial charge >= 0.3 is 18.0 Å². The molecule has 0 saturated carbocycles. The summed E-state index contributed by atoms with van der Waals surface area (Å²) in [5.41, 5.74) is -1.55. The Balaban J connectivity index is 1.43. The Hall–Kier alpha value is -3.73. The van der Waals surface area contributed by atoms with E-state index < -0.39 is 34.1 Å².